The van der Waals surface area contributed by atoms with Crippen LogP contribution in [0.2, 0.25) is 5.02 Å². The molecule has 8 rings (SSSR count). The summed E-state index contributed by atoms with van der Waals surface area (Å²) in [5, 5.41) is 48.5. The number of hydrogen-bond acceptors (Lipinski definition) is 15. The number of anilines is 1. The summed E-state index contributed by atoms with van der Waals surface area (Å²) in [6.45, 7) is 6.36. The Kier molecular flexibility index (Phi) is 12.2. The molecule has 0 spiro atoms. The number of oxime groups is 1. The predicted molar refractivity (Wildman–Crippen MR) is 209 cm³/mol. The number of fused-ring (bicyclic) bond motifs is 6. The van der Waals surface area contributed by atoms with Crippen molar-refractivity contribution in [3.63, 3.8) is 0 Å². The molecule has 2 bridgehead atoms. The predicted octanol–water partition coefficient (Wildman–Crippen LogP) is -2.84. The maximum absolute atomic E-state index is 14.1. The number of hydrogen-bond donors (Lipinski definition) is 5. The van der Waals surface area contributed by atoms with E-state index in [1.54, 1.807) is 11.9 Å². The minimum atomic E-state index is -1.92. The van der Waals surface area contributed by atoms with Gasteiger partial charge in [0.1, 0.15) is 34.9 Å². The summed E-state index contributed by atoms with van der Waals surface area (Å²) in [6.07, 6.45) is 2.53. The van der Waals surface area contributed by atoms with E-state index in [0.717, 1.165) is 16.2 Å². The summed E-state index contributed by atoms with van der Waals surface area (Å²) in [5.41, 5.74) is 3.11. The largest absolute Gasteiger partial charge is 1.00 e. The number of nitrogens with zero attached hydrogens (tertiary/aromatic N) is 6. The second-order valence-electron chi connectivity index (χ2n) is 15.2. The van der Waals surface area contributed by atoms with Crippen LogP contribution in [0.15, 0.2) is 38.9 Å². The summed E-state index contributed by atoms with van der Waals surface area (Å²) in [7, 11) is 1.59. The molecular formula is C36H39ClN8NaO11S2+. The summed E-state index contributed by atoms with van der Waals surface area (Å²) >= 11 is 8.57. The van der Waals surface area contributed by atoms with Gasteiger partial charge in [-0.2, -0.15) is 0 Å². The number of aliphatic carboxylic acids is 2. The zero-order valence-electron chi connectivity index (χ0n) is 32.6. The molecule has 0 aliphatic carbocycles. The molecule has 3 amide bonds. The topological polar surface area (TPSA) is 270 Å². The standard InChI is InChI=1S/C36H39ClN8O11S2.Na/c1-15-18(13-45-8-5-16(6-9-45)43(7-10-45)30(50)17-12-42(4)20-11-21(46)28(48)23(37)22(20)27(17)47)26(33(52)53)44-31(51)25(32(44)58-15)40-29(49)24(19-14-57-35(38)39-19)41-56-36(2,3)34(54)55;/h11-12,14-16,25,32H,5-10,13H2,1-4H3,(H6-,38,39,40,41,46,47,48,49,52,53,54,55);/q;+1/t15-,16?,25+,32+,45?;/m0./s1. The van der Waals surface area contributed by atoms with Crippen LogP contribution in [0.25, 0.3) is 10.9 Å². The molecule has 59 heavy (non-hydrogen) atoms. The fourth-order valence-corrected chi connectivity index (χ4v) is 10.2. The van der Waals surface area contributed by atoms with Gasteiger partial charge in [0.05, 0.1) is 48.1 Å². The van der Waals surface area contributed by atoms with Crippen LogP contribution in [0.3, 0.4) is 0 Å². The maximum atomic E-state index is 14.1. The van der Waals surface area contributed by atoms with E-state index in [0.29, 0.717) is 42.5 Å². The Morgan fingerprint density at radius 2 is 1.86 bits per heavy atom. The van der Waals surface area contributed by atoms with Crippen LogP contribution < -0.4 is 51.1 Å². The Morgan fingerprint density at radius 1 is 1.19 bits per heavy atom. The van der Waals surface area contributed by atoms with E-state index in [9.17, 15) is 49.2 Å². The van der Waals surface area contributed by atoms with Crippen LogP contribution in [-0.4, -0.2) is 136 Å². The molecule has 1 aromatic carbocycles. The minimum absolute atomic E-state index is 0. The Morgan fingerprint density at radius 3 is 2.47 bits per heavy atom. The Balaban J connectivity index is 0.00000585. The summed E-state index contributed by atoms with van der Waals surface area (Å²) in [6, 6.07) is -0.169. The molecule has 5 aliphatic rings. The number of aromatic nitrogens is 2. The number of aryl methyl sites for hydroxylation is 1. The van der Waals surface area contributed by atoms with Gasteiger partial charge in [-0.05, 0) is 20.8 Å². The molecule has 23 heteroatoms. The number of carboxylic acids is 2. The van der Waals surface area contributed by atoms with Crippen molar-refractivity contribution in [1.82, 2.24) is 24.7 Å². The average molecular weight is 882 g/mol. The second kappa shape index (κ2) is 16.2. The van der Waals surface area contributed by atoms with Crippen molar-refractivity contribution in [1.29, 1.82) is 0 Å². The summed E-state index contributed by atoms with van der Waals surface area (Å²) in [5.74, 6) is -6.18. The number of carboxylic acid groups (broad SMARTS) is 2. The Bertz CT molecular complexity index is 2430. The molecule has 0 radical (unpaired) electrons. The van der Waals surface area contributed by atoms with Crippen LogP contribution in [0.5, 0.6) is 11.5 Å². The van der Waals surface area contributed by atoms with E-state index < -0.39 is 74.6 Å². The number of quaternary nitrogens is 1. The van der Waals surface area contributed by atoms with Gasteiger partial charge in [-0.3, -0.25) is 24.1 Å². The van der Waals surface area contributed by atoms with E-state index in [2.05, 4.69) is 15.5 Å². The van der Waals surface area contributed by atoms with Crippen LogP contribution in [-0.2, 0) is 31.1 Å². The molecule has 6 N–H and O–H groups in total. The molecule has 19 nitrogen and oxygen atoms in total. The molecule has 4 saturated heterocycles. The van der Waals surface area contributed by atoms with Crippen LogP contribution in [0.4, 0.5) is 5.13 Å². The molecule has 7 heterocycles. The number of thiazole rings is 1. The van der Waals surface area contributed by atoms with Crippen LogP contribution in [0.1, 0.15) is 49.7 Å². The van der Waals surface area contributed by atoms with Crippen molar-refractivity contribution >= 4 is 86.1 Å². The number of pyridine rings is 1. The number of nitrogen functional groups attached to an aromatic ring is 1. The number of halogens is 1. The van der Waals surface area contributed by atoms with E-state index in [4.69, 9.17) is 22.2 Å². The number of carbonyl (C=O) groups excluding carboxylic acids is 4. The molecular weight excluding hydrogens is 843 g/mol. The number of amides is 3. The van der Waals surface area contributed by atoms with Gasteiger partial charge in [-0.15, -0.1) is 23.1 Å². The van der Waals surface area contributed by atoms with Crippen molar-refractivity contribution in [3.8, 4) is 11.5 Å². The van der Waals surface area contributed by atoms with Crippen molar-refractivity contribution in [3.05, 3.63) is 55.4 Å². The normalized spacial score (nSPS) is 24.2. The first-order valence-corrected chi connectivity index (χ1v) is 20.3. The molecule has 3 atom stereocenters. The number of aromatic hydroxyl groups is 2. The zero-order chi connectivity index (χ0) is 42.2. The number of β-lactam (4-membered cyclic amide) rings is 1. The van der Waals surface area contributed by atoms with Crippen LogP contribution >= 0.6 is 34.7 Å². The van der Waals surface area contributed by atoms with Gasteiger partial charge in [-0.1, -0.05) is 16.8 Å². The van der Waals surface area contributed by atoms with E-state index in [-0.39, 0.29) is 86.7 Å². The number of piperidine rings is 1. The first-order chi connectivity index (χ1) is 27.2. The van der Waals surface area contributed by atoms with E-state index in [1.165, 1.54) is 47.8 Å². The quantitative estimate of drug-likeness (QED) is 0.0343. The maximum Gasteiger partial charge on any atom is 1.00 e. The number of thioether (sulfide) groups is 1. The van der Waals surface area contributed by atoms with Gasteiger partial charge >= 0.3 is 35.5 Å². The third-order valence-electron chi connectivity index (χ3n) is 11.2. The van der Waals surface area contributed by atoms with E-state index in [1.807, 2.05) is 6.92 Å². The average Bonchev–Trinajstić information content (AvgIpc) is 3.41. The van der Waals surface area contributed by atoms with Crippen molar-refractivity contribution in [2.75, 3.05) is 38.5 Å². The van der Waals surface area contributed by atoms with Gasteiger partial charge in [0, 0.05) is 54.4 Å². The Labute approximate surface area is 371 Å². The fourth-order valence-electron chi connectivity index (χ4n) is 7.94. The van der Waals surface area contributed by atoms with Crippen LogP contribution in [0, 0.1) is 0 Å². The summed E-state index contributed by atoms with van der Waals surface area (Å²) < 4.78 is 1.93. The van der Waals surface area contributed by atoms with Gasteiger partial charge in [0.15, 0.2) is 27.9 Å². The molecule has 4 fully saturated rings. The van der Waals surface area contributed by atoms with Gasteiger partial charge in [0.2, 0.25) is 5.43 Å². The molecule has 0 unspecified atom stereocenters. The number of nitrogens with one attached hydrogen (secondary N) is 1. The minimum Gasteiger partial charge on any atom is -0.546 e. The second-order valence-corrected chi connectivity index (χ2v) is 18.0. The first-order valence-electron chi connectivity index (χ1n) is 18.1. The third-order valence-corrected chi connectivity index (χ3v) is 13.7. The smallest absolute Gasteiger partial charge is 0.546 e. The van der Waals surface area contributed by atoms with Gasteiger partial charge in [0.25, 0.3) is 17.7 Å². The third kappa shape index (κ3) is 7.77. The van der Waals surface area contributed by atoms with Crippen molar-refractivity contribution in [2.24, 2.45) is 12.2 Å². The number of phenolic OH excluding ortho intramolecular Hbond substituents is 2. The van der Waals surface area contributed by atoms with Crippen molar-refractivity contribution < 1.29 is 83.3 Å². The molecule has 2 aromatic heterocycles. The Hall–Kier alpha value is -4.38. The molecule has 0 saturated carbocycles. The molecule has 308 valence electrons. The van der Waals surface area contributed by atoms with Crippen molar-refractivity contribution in [2.45, 2.75) is 61.9 Å². The molecule has 5 aliphatic heterocycles. The van der Waals surface area contributed by atoms with Gasteiger partial charge < -0.3 is 55.1 Å². The van der Waals surface area contributed by atoms with Gasteiger partial charge in [-0.25, -0.2) is 9.78 Å². The van der Waals surface area contributed by atoms with E-state index >= 15 is 0 Å². The molecule has 3 aromatic rings. The number of benzene rings is 1. The SMILES string of the molecule is C[C@@H]1S[C@@H]2[C@H](NC(=O)/C(=N\OC(C)(C)C(=O)[O-])c3csc(N)n3)C(=O)N2C(C(=O)O)=C1C[N+]12CCC(CC1)N(C(=O)c1cn(C)c3cc(O)c(O)c(Cl)c3c1=O)CC2.[Na+]. The number of phenols is 2. The number of carbonyl (C=O) groups is 5. The zero-order valence-corrected chi connectivity index (χ0v) is 36.9. The number of nitrogens with two attached hydrogens (primary N) is 1. The monoisotopic (exact) mass is 881 g/mol. The fraction of sp³-hybridized carbons (Fsp3) is 0.444. The first kappa shape index (κ1) is 44.2. The number of rotatable bonds is 10. The summed E-state index contributed by atoms with van der Waals surface area (Å²) in [4.78, 5) is 91.5.